The predicted molar refractivity (Wildman–Crippen MR) is 106 cm³/mol. The summed E-state index contributed by atoms with van der Waals surface area (Å²) < 4.78 is 0. The van der Waals surface area contributed by atoms with Crippen molar-refractivity contribution in [2.75, 3.05) is 18.9 Å². The zero-order chi connectivity index (χ0) is 19.2. The first-order valence-electron chi connectivity index (χ1n) is 8.79. The van der Waals surface area contributed by atoms with Crippen LogP contribution in [0.1, 0.15) is 33.8 Å². The molecule has 5 N–H and O–H groups in total. The molecule has 1 aliphatic heterocycles. The van der Waals surface area contributed by atoms with Gasteiger partial charge in [-0.1, -0.05) is 30.3 Å². The Labute approximate surface area is 158 Å². The molecule has 0 saturated carbocycles. The lowest BCUT2D eigenvalue weighted by Gasteiger charge is -2.26. The third-order valence-electron chi connectivity index (χ3n) is 4.52. The van der Waals surface area contributed by atoms with Gasteiger partial charge in [0, 0.05) is 43.7 Å². The van der Waals surface area contributed by atoms with Gasteiger partial charge in [0.25, 0.3) is 0 Å². The highest BCUT2D eigenvalue weighted by Crippen LogP contribution is 2.31. The van der Waals surface area contributed by atoms with Gasteiger partial charge >= 0.3 is 0 Å². The summed E-state index contributed by atoms with van der Waals surface area (Å²) in [5.41, 5.74) is 8.71. The maximum Gasteiger partial charge on any atom is 0.248 e. The van der Waals surface area contributed by atoms with Gasteiger partial charge in [-0.05, 0) is 29.3 Å². The monoisotopic (exact) mass is 365 g/mol. The van der Waals surface area contributed by atoms with Crippen molar-refractivity contribution in [3.8, 4) is 0 Å². The molecule has 0 radical (unpaired) electrons. The van der Waals surface area contributed by atoms with Gasteiger partial charge < -0.3 is 21.7 Å². The molecule has 0 aliphatic carbocycles. The number of para-hydroxylation sites is 1. The van der Waals surface area contributed by atoms with Crippen LogP contribution in [-0.2, 0) is 11.3 Å². The van der Waals surface area contributed by atoms with E-state index in [1.54, 1.807) is 25.2 Å². The Morgan fingerprint density at radius 3 is 2.81 bits per heavy atom. The number of anilines is 1. The molecule has 0 aromatic heterocycles. The van der Waals surface area contributed by atoms with Crippen LogP contribution in [0, 0.1) is 0 Å². The Hall–Kier alpha value is -3.35. The molecule has 0 spiro atoms. The second kappa shape index (κ2) is 8.35. The molecule has 2 aromatic carbocycles. The number of primary amides is 1. The first-order chi connectivity index (χ1) is 13.1. The van der Waals surface area contributed by atoms with Crippen LogP contribution in [0.25, 0.3) is 0 Å². The standard InChI is InChI=1S/C20H23N5O2/c1-22-20(23-11-13-5-4-6-14(9-13)19(21)27)24-12-15-10-18(26)25-17-8-3-2-7-16(15)17/h2-9,15H,10-12H2,1H3,(H2,21,27)(H,25,26)(H2,22,23,24). The van der Waals surface area contributed by atoms with E-state index in [2.05, 4.69) is 20.9 Å². The summed E-state index contributed by atoms with van der Waals surface area (Å²) in [5, 5.41) is 9.39. The second-order valence-corrected chi connectivity index (χ2v) is 6.41. The number of carbonyl (C=O) groups is 2. The third kappa shape index (κ3) is 4.63. The first-order valence-corrected chi connectivity index (χ1v) is 8.79. The molecule has 3 rings (SSSR count). The van der Waals surface area contributed by atoms with Crippen LogP contribution in [0.15, 0.2) is 53.5 Å². The van der Waals surface area contributed by atoms with Crippen molar-refractivity contribution in [3.05, 3.63) is 65.2 Å². The molecule has 0 fully saturated rings. The maximum absolute atomic E-state index is 11.9. The van der Waals surface area contributed by atoms with Crippen LogP contribution in [-0.4, -0.2) is 31.4 Å². The van der Waals surface area contributed by atoms with Crippen LogP contribution in [0.3, 0.4) is 0 Å². The number of nitrogens with zero attached hydrogens (tertiary/aromatic N) is 1. The number of carbonyl (C=O) groups excluding carboxylic acids is 2. The lowest BCUT2D eigenvalue weighted by Crippen LogP contribution is -2.40. The molecule has 27 heavy (non-hydrogen) atoms. The van der Waals surface area contributed by atoms with Gasteiger partial charge in [-0.2, -0.15) is 0 Å². The minimum atomic E-state index is -0.450. The number of fused-ring (bicyclic) bond motifs is 1. The number of rotatable bonds is 5. The molecule has 1 unspecified atom stereocenters. The van der Waals surface area contributed by atoms with E-state index in [0.29, 0.717) is 31.0 Å². The van der Waals surface area contributed by atoms with Crippen molar-refractivity contribution in [1.29, 1.82) is 0 Å². The molecule has 0 saturated heterocycles. The second-order valence-electron chi connectivity index (χ2n) is 6.41. The zero-order valence-electron chi connectivity index (χ0n) is 15.2. The summed E-state index contributed by atoms with van der Waals surface area (Å²) >= 11 is 0. The van der Waals surface area contributed by atoms with Gasteiger partial charge in [0.1, 0.15) is 0 Å². The van der Waals surface area contributed by atoms with Gasteiger partial charge in [-0.15, -0.1) is 0 Å². The Morgan fingerprint density at radius 2 is 2.04 bits per heavy atom. The van der Waals surface area contributed by atoms with E-state index in [4.69, 9.17) is 5.73 Å². The molecule has 2 amide bonds. The first kappa shape index (κ1) is 18.4. The Balaban J connectivity index is 1.59. The van der Waals surface area contributed by atoms with Crippen LogP contribution >= 0.6 is 0 Å². The minimum absolute atomic E-state index is 0.0201. The van der Waals surface area contributed by atoms with Gasteiger partial charge in [-0.25, -0.2) is 0 Å². The largest absolute Gasteiger partial charge is 0.366 e. The minimum Gasteiger partial charge on any atom is -0.366 e. The number of guanidine groups is 1. The van der Waals surface area contributed by atoms with Crippen molar-refractivity contribution in [1.82, 2.24) is 10.6 Å². The average Bonchev–Trinajstić information content (AvgIpc) is 2.68. The SMILES string of the molecule is CN=C(NCc1cccc(C(N)=O)c1)NCC1CC(=O)Nc2ccccc21. The quantitative estimate of drug-likeness (QED) is 0.476. The summed E-state index contributed by atoms with van der Waals surface area (Å²) in [6.07, 6.45) is 0.432. The lowest BCUT2D eigenvalue weighted by molar-refractivity contribution is -0.116. The fraction of sp³-hybridized carbons (Fsp3) is 0.250. The molecule has 140 valence electrons. The molecule has 1 heterocycles. The summed E-state index contributed by atoms with van der Waals surface area (Å²) in [5.74, 6) is 0.273. The number of benzene rings is 2. The number of hydrogen-bond acceptors (Lipinski definition) is 3. The molecule has 0 bridgehead atoms. The highest BCUT2D eigenvalue weighted by Gasteiger charge is 2.24. The van der Waals surface area contributed by atoms with Crippen molar-refractivity contribution in [2.24, 2.45) is 10.7 Å². The van der Waals surface area contributed by atoms with E-state index >= 15 is 0 Å². The molecular formula is C20H23N5O2. The van der Waals surface area contributed by atoms with Crippen molar-refractivity contribution < 1.29 is 9.59 Å². The molecule has 7 nitrogen and oxygen atoms in total. The number of nitrogens with one attached hydrogen (secondary N) is 3. The zero-order valence-corrected chi connectivity index (χ0v) is 15.2. The van der Waals surface area contributed by atoms with Crippen molar-refractivity contribution in [3.63, 3.8) is 0 Å². The summed E-state index contributed by atoms with van der Waals surface area (Å²) in [4.78, 5) is 27.4. The average molecular weight is 365 g/mol. The van der Waals surface area contributed by atoms with Gasteiger partial charge in [0.15, 0.2) is 5.96 Å². The molecule has 7 heteroatoms. The fourth-order valence-electron chi connectivity index (χ4n) is 3.14. The van der Waals surface area contributed by atoms with E-state index in [1.165, 1.54) is 0 Å². The van der Waals surface area contributed by atoms with E-state index in [1.807, 2.05) is 30.3 Å². The van der Waals surface area contributed by atoms with Crippen LogP contribution in [0.5, 0.6) is 0 Å². The number of aliphatic imine (C=N–C) groups is 1. The molecule has 2 aromatic rings. The van der Waals surface area contributed by atoms with E-state index < -0.39 is 5.91 Å². The van der Waals surface area contributed by atoms with Crippen LogP contribution in [0.2, 0.25) is 0 Å². The van der Waals surface area contributed by atoms with Gasteiger partial charge in [-0.3, -0.25) is 14.6 Å². The Morgan fingerprint density at radius 1 is 1.22 bits per heavy atom. The van der Waals surface area contributed by atoms with Gasteiger partial charge in [0.05, 0.1) is 0 Å². The Bertz CT molecular complexity index is 878. The van der Waals surface area contributed by atoms with Crippen LogP contribution in [0.4, 0.5) is 5.69 Å². The molecule has 1 atom stereocenters. The number of nitrogens with two attached hydrogens (primary N) is 1. The van der Waals surface area contributed by atoms with E-state index in [9.17, 15) is 9.59 Å². The maximum atomic E-state index is 11.9. The molecular weight excluding hydrogens is 342 g/mol. The third-order valence-corrected chi connectivity index (χ3v) is 4.52. The summed E-state index contributed by atoms with van der Waals surface area (Å²) in [6, 6.07) is 15.0. The lowest BCUT2D eigenvalue weighted by atomic mass is 9.90. The van der Waals surface area contributed by atoms with E-state index in [-0.39, 0.29) is 11.8 Å². The predicted octanol–water partition coefficient (Wildman–Crippen LogP) is 1.58. The fourth-order valence-corrected chi connectivity index (χ4v) is 3.14. The van der Waals surface area contributed by atoms with E-state index in [0.717, 1.165) is 16.8 Å². The topological polar surface area (TPSA) is 109 Å². The summed E-state index contributed by atoms with van der Waals surface area (Å²) in [7, 11) is 1.69. The highest BCUT2D eigenvalue weighted by atomic mass is 16.2. The Kier molecular flexibility index (Phi) is 5.71. The highest BCUT2D eigenvalue weighted by molar-refractivity contribution is 5.95. The van der Waals surface area contributed by atoms with Crippen molar-refractivity contribution in [2.45, 2.75) is 18.9 Å². The van der Waals surface area contributed by atoms with Crippen molar-refractivity contribution >= 4 is 23.5 Å². The van der Waals surface area contributed by atoms with Gasteiger partial charge in [0.2, 0.25) is 11.8 Å². The number of amides is 2. The summed E-state index contributed by atoms with van der Waals surface area (Å²) in [6.45, 7) is 1.09. The number of hydrogen-bond donors (Lipinski definition) is 4. The van der Waals surface area contributed by atoms with Crippen LogP contribution < -0.4 is 21.7 Å². The molecule has 1 aliphatic rings. The normalized spacial score (nSPS) is 16.3. The smallest absolute Gasteiger partial charge is 0.248 e.